The molecule has 26 heavy (non-hydrogen) atoms. The van der Waals surface area contributed by atoms with Gasteiger partial charge < -0.3 is 9.32 Å². The Kier molecular flexibility index (Phi) is 2.88. The summed E-state index contributed by atoms with van der Waals surface area (Å²) in [4.78, 5) is 4.19. The number of thiophene rings is 1. The van der Waals surface area contributed by atoms with E-state index in [9.17, 15) is 0 Å². The fourth-order valence-electron chi connectivity index (χ4n) is 5.64. The average molecular weight is 366 g/mol. The monoisotopic (exact) mass is 365 g/mol. The van der Waals surface area contributed by atoms with Crippen molar-refractivity contribution in [2.45, 2.75) is 65.5 Å². The number of hydrogen-bond donors (Lipinski definition) is 0. The van der Waals surface area contributed by atoms with E-state index < -0.39 is 0 Å². The maximum Gasteiger partial charge on any atom is 0.150 e. The summed E-state index contributed by atoms with van der Waals surface area (Å²) in [6, 6.07) is 9.25. The van der Waals surface area contributed by atoms with Crippen molar-refractivity contribution in [3.05, 3.63) is 52.1 Å². The summed E-state index contributed by atoms with van der Waals surface area (Å²) in [5, 5.41) is 0. The standard InChI is InChI=1S/C23H27NOS/c1-13-9-8-10-15-18(13)24-14(2)17-19-16(11-12-25-19)26-20(17)23(24,7)22(5,6)21(15,3)4/h8-12,14H,1-7H3/t14-,23?/m0/s1. The first-order valence-electron chi connectivity index (χ1n) is 9.54. The van der Waals surface area contributed by atoms with Gasteiger partial charge in [0.1, 0.15) is 5.58 Å². The maximum atomic E-state index is 5.94. The quantitative estimate of drug-likeness (QED) is 0.430. The highest BCUT2D eigenvalue weighted by Gasteiger charge is 2.65. The van der Waals surface area contributed by atoms with Crippen LogP contribution in [0.2, 0.25) is 0 Å². The van der Waals surface area contributed by atoms with Gasteiger partial charge in [-0.15, -0.1) is 11.3 Å². The van der Waals surface area contributed by atoms with Crippen molar-refractivity contribution in [3.8, 4) is 0 Å². The Balaban J connectivity index is 1.94. The molecule has 0 aliphatic carbocycles. The van der Waals surface area contributed by atoms with Crippen molar-refractivity contribution in [2.24, 2.45) is 5.41 Å². The summed E-state index contributed by atoms with van der Waals surface area (Å²) in [5.41, 5.74) is 6.82. The molecule has 4 heterocycles. The lowest BCUT2D eigenvalue weighted by molar-refractivity contribution is 0.0672. The molecule has 2 aromatic heterocycles. The summed E-state index contributed by atoms with van der Waals surface area (Å²) in [6.07, 6.45) is 1.84. The lowest BCUT2D eigenvalue weighted by Gasteiger charge is -2.62. The van der Waals surface area contributed by atoms with Gasteiger partial charge in [-0.1, -0.05) is 45.9 Å². The third-order valence-electron chi connectivity index (χ3n) is 7.99. The SMILES string of the molecule is Cc1cccc2c1N1[C@@H](C)c3c(sc4ccoc34)C1(C)C(C)(C)C2(C)C. The third kappa shape index (κ3) is 1.49. The Bertz CT molecular complexity index is 1050. The maximum absolute atomic E-state index is 5.94. The van der Waals surface area contributed by atoms with Crippen LogP contribution in [0, 0.1) is 12.3 Å². The van der Waals surface area contributed by atoms with E-state index in [1.165, 1.54) is 32.0 Å². The van der Waals surface area contributed by atoms with Crippen LogP contribution in [0.15, 0.2) is 34.9 Å². The lowest BCUT2D eigenvalue weighted by Crippen LogP contribution is -2.61. The minimum atomic E-state index is -0.0590. The Morgan fingerprint density at radius 3 is 2.54 bits per heavy atom. The van der Waals surface area contributed by atoms with Crippen LogP contribution in [0.1, 0.15) is 69.2 Å². The molecule has 0 radical (unpaired) electrons. The molecule has 3 aromatic rings. The number of nitrogens with zero attached hydrogens (tertiary/aromatic N) is 1. The number of aryl methyl sites for hydroxylation is 1. The van der Waals surface area contributed by atoms with Gasteiger partial charge in [0.2, 0.25) is 0 Å². The van der Waals surface area contributed by atoms with Crippen LogP contribution >= 0.6 is 11.3 Å². The second-order valence-electron chi connectivity index (χ2n) is 9.30. The topological polar surface area (TPSA) is 16.4 Å². The van der Waals surface area contributed by atoms with Crippen molar-refractivity contribution >= 4 is 27.3 Å². The van der Waals surface area contributed by atoms with E-state index in [0.29, 0.717) is 6.04 Å². The molecule has 2 atom stereocenters. The third-order valence-corrected chi connectivity index (χ3v) is 9.35. The number of anilines is 1. The number of hydrogen-bond acceptors (Lipinski definition) is 3. The molecule has 0 amide bonds. The molecule has 3 heteroatoms. The van der Waals surface area contributed by atoms with E-state index in [4.69, 9.17) is 4.42 Å². The molecule has 1 unspecified atom stereocenters. The first-order chi connectivity index (χ1) is 12.1. The molecule has 5 rings (SSSR count). The van der Waals surface area contributed by atoms with Crippen LogP contribution in [0.4, 0.5) is 5.69 Å². The first kappa shape index (κ1) is 16.4. The Morgan fingerprint density at radius 1 is 1.08 bits per heavy atom. The molecule has 2 aliphatic heterocycles. The molecule has 2 nitrogen and oxygen atoms in total. The second kappa shape index (κ2) is 4.56. The van der Waals surface area contributed by atoms with E-state index in [2.05, 4.69) is 77.6 Å². The van der Waals surface area contributed by atoms with E-state index in [1.807, 2.05) is 17.6 Å². The summed E-state index contributed by atoms with van der Waals surface area (Å²) in [7, 11) is 0. The average Bonchev–Trinajstić information content (AvgIpc) is 3.19. The number of benzene rings is 1. The molecule has 1 aromatic carbocycles. The van der Waals surface area contributed by atoms with Gasteiger partial charge in [-0.25, -0.2) is 0 Å². The molecular weight excluding hydrogens is 338 g/mol. The molecule has 0 bridgehead atoms. The van der Waals surface area contributed by atoms with Crippen LogP contribution in [0.3, 0.4) is 0 Å². The molecule has 0 saturated carbocycles. The van der Waals surface area contributed by atoms with Crippen molar-refractivity contribution in [1.82, 2.24) is 0 Å². The van der Waals surface area contributed by atoms with Crippen LogP contribution in [0.5, 0.6) is 0 Å². The highest BCUT2D eigenvalue weighted by molar-refractivity contribution is 7.19. The van der Waals surface area contributed by atoms with Crippen molar-refractivity contribution in [1.29, 1.82) is 0 Å². The molecular formula is C23H27NOS. The normalized spacial score (nSPS) is 28.1. The Labute approximate surface area is 159 Å². The van der Waals surface area contributed by atoms with Gasteiger partial charge >= 0.3 is 0 Å². The summed E-state index contributed by atoms with van der Waals surface area (Å²) in [5.74, 6) is 0. The highest BCUT2D eigenvalue weighted by atomic mass is 32.1. The van der Waals surface area contributed by atoms with Gasteiger partial charge in [-0.2, -0.15) is 0 Å². The largest absolute Gasteiger partial charge is 0.463 e. The van der Waals surface area contributed by atoms with Crippen molar-refractivity contribution < 1.29 is 4.42 Å². The summed E-state index contributed by atoms with van der Waals surface area (Å²) in [6.45, 7) is 16.8. The van der Waals surface area contributed by atoms with Crippen molar-refractivity contribution in [3.63, 3.8) is 0 Å². The predicted octanol–water partition coefficient (Wildman–Crippen LogP) is 6.92. The van der Waals surface area contributed by atoms with E-state index in [0.717, 1.165) is 5.58 Å². The van der Waals surface area contributed by atoms with Gasteiger partial charge in [-0.05, 0) is 43.4 Å². The molecule has 136 valence electrons. The molecule has 0 fully saturated rings. The van der Waals surface area contributed by atoms with Gasteiger partial charge in [-0.3, -0.25) is 0 Å². The summed E-state index contributed by atoms with van der Waals surface area (Å²) < 4.78 is 7.23. The first-order valence-corrected chi connectivity index (χ1v) is 10.4. The number of furan rings is 1. The second-order valence-corrected chi connectivity index (χ2v) is 10.4. The van der Waals surface area contributed by atoms with E-state index in [-0.39, 0.29) is 16.4 Å². The molecule has 0 N–H and O–H groups in total. The predicted molar refractivity (Wildman–Crippen MR) is 110 cm³/mol. The van der Waals surface area contributed by atoms with Gasteiger partial charge in [0, 0.05) is 21.5 Å². The Morgan fingerprint density at radius 2 is 1.81 bits per heavy atom. The minimum Gasteiger partial charge on any atom is -0.463 e. The lowest BCUT2D eigenvalue weighted by atomic mass is 9.52. The van der Waals surface area contributed by atoms with E-state index >= 15 is 0 Å². The number of rotatable bonds is 0. The highest BCUT2D eigenvalue weighted by Crippen LogP contribution is 2.69. The Hall–Kier alpha value is -1.74. The minimum absolute atomic E-state index is 0.0581. The van der Waals surface area contributed by atoms with Crippen LogP contribution in [-0.4, -0.2) is 0 Å². The van der Waals surface area contributed by atoms with Gasteiger partial charge in [0.15, 0.2) is 0 Å². The molecule has 0 saturated heterocycles. The van der Waals surface area contributed by atoms with Gasteiger partial charge in [0.05, 0.1) is 22.5 Å². The zero-order valence-corrected chi connectivity index (χ0v) is 17.5. The number of fused-ring (bicyclic) bond motifs is 7. The zero-order valence-electron chi connectivity index (χ0n) is 16.7. The zero-order chi connectivity index (χ0) is 18.6. The van der Waals surface area contributed by atoms with E-state index in [1.54, 1.807) is 0 Å². The van der Waals surface area contributed by atoms with Crippen LogP contribution in [0.25, 0.3) is 10.3 Å². The number of para-hydroxylation sites is 1. The van der Waals surface area contributed by atoms with Gasteiger partial charge in [0.25, 0.3) is 0 Å². The van der Waals surface area contributed by atoms with Crippen LogP contribution in [-0.2, 0) is 11.0 Å². The van der Waals surface area contributed by atoms with Crippen molar-refractivity contribution in [2.75, 3.05) is 4.90 Å². The fraction of sp³-hybridized carbons (Fsp3) is 0.478. The summed E-state index contributed by atoms with van der Waals surface area (Å²) >= 11 is 1.93. The fourth-order valence-corrected chi connectivity index (χ4v) is 7.16. The van der Waals surface area contributed by atoms with Crippen LogP contribution < -0.4 is 4.90 Å². The molecule has 0 spiro atoms. The smallest absolute Gasteiger partial charge is 0.150 e. The molecule has 2 aliphatic rings.